The van der Waals surface area contributed by atoms with Crippen molar-refractivity contribution in [2.75, 3.05) is 0 Å². The number of oxazole rings is 1. The van der Waals surface area contributed by atoms with E-state index < -0.39 is 0 Å². The van der Waals surface area contributed by atoms with Gasteiger partial charge in [0, 0.05) is 5.56 Å². The zero-order chi connectivity index (χ0) is 17.9. The third kappa shape index (κ3) is 2.12. The maximum absolute atomic E-state index is 6.30. The van der Waals surface area contributed by atoms with Crippen LogP contribution < -0.4 is 0 Å². The van der Waals surface area contributed by atoms with E-state index in [4.69, 9.17) is 9.40 Å². The maximum atomic E-state index is 6.30. The largest absolute Gasteiger partial charge is 0.436 e. The van der Waals surface area contributed by atoms with Gasteiger partial charge in [-0.05, 0) is 112 Å². The highest BCUT2D eigenvalue weighted by Crippen LogP contribution is 2.37. The van der Waals surface area contributed by atoms with E-state index in [1.807, 2.05) is 0 Å². The Morgan fingerprint density at radius 2 is 0.917 bits per heavy atom. The van der Waals surface area contributed by atoms with Crippen LogP contribution in [0.2, 0.25) is 0 Å². The Bertz CT molecular complexity index is 916. The summed E-state index contributed by atoms with van der Waals surface area (Å²) in [5.74, 6) is 0.752. The highest BCUT2D eigenvalue weighted by atomic mass is 16.3. The van der Waals surface area contributed by atoms with E-state index in [0.717, 1.165) is 22.6 Å². The number of benzene rings is 2. The summed E-state index contributed by atoms with van der Waals surface area (Å²) in [7, 11) is 0. The summed E-state index contributed by atoms with van der Waals surface area (Å²) in [4.78, 5) is 4.91. The van der Waals surface area contributed by atoms with Crippen LogP contribution >= 0.6 is 0 Å². The number of nitrogens with zero attached hydrogens (tertiary/aromatic N) is 1. The predicted molar refractivity (Wildman–Crippen MR) is 102 cm³/mol. The zero-order valence-electron chi connectivity index (χ0n) is 16.4. The molecule has 1 aromatic heterocycles. The van der Waals surface area contributed by atoms with Crippen molar-refractivity contribution in [1.82, 2.24) is 4.98 Å². The number of fused-ring (bicyclic) bond motifs is 1. The van der Waals surface area contributed by atoms with Crippen molar-refractivity contribution in [3.05, 3.63) is 50.1 Å². The van der Waals surface area contributed by atoms with Gasteiger partial charge >= 0.3 is 0 Å². The van der Waals surface area contributed by atoms with E-state index in [0.29, 0.717) is 0 Å². The minimum absolute atomic E-state index is 0.752. The van der Waals surface area contributed by atoms with Gasteiger partial charge in [0.25, 0.3) is 0 Å². The molecule has 0 saturated heterocycles. The van der Waals surface area contributed by atoms with Gasteiger partial charge in [-0.1, -0.05) is 0 Å². The molecule has 0 aliphatic carbocycles. The molecule has 2 heteroatoms. The van der Waals surface area contributed by atoms with Crippen molar-refractivity contribution < 1.29 is 4.42 Å². The van der Waals surface area contributed by atoms with Gasteiger partial charge in [-0.15, -0.1) is 0 Å². The summed E-state index contributed by atoms with van der Waals surface area (Å²) in [6, 6.07) is 0. The smallest absolute Gasteiger partial charge is 0.227 e. The van der Waals surface area contributed by atoms with Crippen LogP contribution in [-0.2, 0) is 0 Å². The van der Waals surface area contributed by atoms with E-state index >= 15 is 0 Å². The van der Waals surface area contributed by atoms with Crippen molar-refractivity contribution in [3.8, 4) is 11.5 Å². The second-order valence-electron chi connectivity index (χ2n) is 7.20. The molecule has 2 aromatic carbocycles. The van der Waals surface area contributed by atoms with Crippen LogP contribution in [0.1, 0.15) is 50.1 Å². The molecule has 3 aromatic rings. The second-order valence-corrected chi connectivity index (χ2v) is 7.20. The SMILES string of the molecule is Cc1c(C)c(C)c(-c2nc3c(C)c(C)c(C)c(C)c3o2)c(C)c1C. The van der Waals surface area contributed by atoms with Gasteiger partial charge in [0.1, 0.15) is 5.52 Å². The van der Waals surface area contributed by atoms with E-state index in [9.17, 15) is 0 Å². The minimum atomic E-state index is 0.752. The third-order valence-corrected chi connectivity index (χ3v) is 6.22. The molecule has 0 radical (unpaired) electrons. The number of aryl methyl sites for hydroxylation is 2. The topological polar surface area (TPSA) is 26.0 Å². The van der Waals surface area contributed by atoms with Gasteiger partial charge in [0.05, 0.1) is 0 Å². The van der Waals surface area contributed by atoms with E-state index in [-0.39, 0.29) is 0 Å². The Balaban J connectivity index is 2.42. The molecule has 126 valence electrons. The van der Waals surface area contributed by atoms with Crippen LogP contribution in [0.4, 0.5) is 0 Å². The van der Waals surface area contributed by atoms with Gasteiger partial charge in [0.2, 0.25) is 5.89 Å². The highest BCUT2D eigenvalue weighted by molar-refractivity contribution is 5.85. The number of aromatic nitrogens is 1. The molecule has 0 spiro atoms. The van der Waals surface area contributed by atoms with Crippen LogP contribution in [0.25, 0.3) is 22.6 Å². The molecular weight excluding hydrogens is 294 g/mol. The van der Waals surface area contributed by atoms with Gasteiger partial charge in [-0.2, -0.15) is 0 Å². The molecule has 0 atom stereocenters. The van der Waals surface area contributed by atoms with E-state index in [1.165, 1.54) is 50.1 Å². The normalized spacial score (nSPS) is 11.5. The fraction of sp³-hybridized carbons (Fsp3) is 0.409. The summed E-state index contributed by atoms with van der Waals surface area (Å²) in [5.41, 5.74) is 14.7. The molecule has 0 fully saturated rings. The average molecular weight is 321 g/mol. The first kappa shape index (κ1) is 16.8. The molecule has 3 rings (SSSR count). The standard InChI is InChI=1S/C22H27NO/c1-10-11(2)15(6)19(16(7)12(10)3)22-23-20-17(8)13(4)14(5)18(9)21(20)24-22/h1-9H3. The van der Waals surface area contributed by atoms with Gasteiger partial charge < -0.3 is 4.42 Å². The Hall–Kier alpha value is -2.09. The Labute approximate surface area is 144 Å². The first-order valence-corrected chi connectivity index (χ1v) is 8.61. The van der Waals surface area contributed by atoms with Crippen LogP contribution in [0.15, 0.2) is 4.42 Å². The molecule has 24 heavy (non-hydrogen) atoms. The first-order chi connectivity index (χ1) is 11.2. The van der Waals surface area contributed by atoms with Crippen LogP contribution in [0.5, 0.6) is 0 Å². The molecule has 0 bridgehead atoms. The number of hydrogen-bond donors (Lipinski definition) is 0. The Kier molecular flexibility index (Phi) is 3.82. The first-order valence-electron chi connectivity index (χ1n) is 8.61. The lowest BCUT2D eigenvalue weighted by Crippen LogP contribution is -1.99. The quantitative estimate of drug-likeness (QED) is 0.528. The summed E-state index contributed by atoms with van der Waals surface area (Å²) >= 11 is 0. The van der Waals surface area contributed by atoms with Gasteiger partial charge in [-0.3, -0.25) is 0 Å². The molecule has 0 amide bonds. The molecule has 0 unspecified atom stereocenters. The monoisotopic (exact) mass is 321 g/mol. The molecule has 0 N–H and O–H groups in total. The fourth-order valence-corrected chi connectivity index (χ4v) is 3.67. The fourth-order valence-electron chi connectivity index (χ4n) is 3.67. The van der Waals surface area contributed by atoms with Crippen molar-refractivity contribution in [3.63, 3.8) is 0 Å². The van der Waals surface area contributed by atoms with E-state index in [1.54, 1.807) is 0 Å². The lowest BCUT2D eigenvalue weighted by atomic mass is 9.89. The highest BCUT2D eigenvalue weighted by Gasteiger charge is 2.21. The van der Waals surface area contributed by atoms with E-state index in [2.05, 4.69) is 62.3 Å². The summed E-state index contributed by atoms with van der Waals surface area (Å²) in [6.45, 7) is 19.5. The van der Waals surface area contributed by atoms with Crippen molar-refractivity contribution in [2.24, 2.45) is 0 Å². The van der Waals surface area contributed by atoms with Crippen LogP contribution in [0, 0.1) is 62.3 Å². The summed E-state index contributed by atoms with van der Waals surface area (Å²) in [6.07, 6.45) is 0. The molecular formula is C22H27NO. The maximum Gasteiger partial charge on any atom is 0.227 e. The lowest BCUT2D eigenvalue weighted by Gasteiger charge is -2.16. The summed E-state index contributed by atoms with van der Waals surface area (Å²) in [5, 5.41) is 0. The number of rotatable bonds is 1. The lowest BCUT2D eigenvalue weighted by molar-refractivity contribution is 0.615. The Morgan fingerprint density at radius 1 is 0.500 bits per heavy atom. The van der Waals surface area contributed by atoms with Gasteiger partial charge in [0.15, 0.2) is 5.58 Å². The van der Waals surface area contributed by atoms with Crippen LogP contribution in [0.3, 0.4) is 0 Å². The van der Waals surface area contributed by atoms with Crippen molar-refractivity contribution >= 4 is 11.1 Å². The molecule has 0 aliphatic heterocycles. The summed E-state index contributed by atoms with van der Waals surface area (Å²) < 4.78 is 6.30. The molecule has 1 heterocycles. The average Bonchev–Trinajstić information content (AvgIpc) is 2.99. The molecule has 2 nitrogen and oxygen atoms in total. The Morgan fingerprint density at radius 3 is 1.46 bits per heavy atom. The van der Waals surface area contributed by atoms with Gasteiger partial charge in [-0.25, -0.2) is 4.98 Å². The van der Waals surface area contributed by atoms with Crippen LogP contribution in [-0.4, -0.2) is 4.98 Å². The predicted octanol–water partition coefficient (Wildman–Crippen LogP) is 6.27. The van der Waals surface area contributed by atoms with Crippen molar-refractivity contribution in [1.29, 1.82) is 0 Å². The minimum Gasteiger partial charge on any atom is -0.436 e. The number of hydrogen-bond acceptors (Lipinski definition) is 2. The molecule has 0 saturated carbocycles. The second kappa shape index (κ2) is 5.47. The zero-order valence-corrected chi connectivity index (χ0v) is 16.4. The van der Waals surface area contributed by atoms with Crippen molar-refractivity contribution in [2.45, 2.75) is 62.3 Å². The molecule has 0 aliphatic rings. The third-order valence-electron chi connectivity index (χ3n) is 6.22.